The van der Waals surface area contributed by atoms with E-state index in [1.54, 1.807) is 4.90 Å². The van der Waals surface area contributed by atoms with Crippen molar-refractivity contribution in [3.8, 4) is 11.1 Å². The van der Waals surface area contributed by atoms with Crippen LogP contribution in [0.1, 0.15) is 49.7 Å². The van der Waals surface area contributed by atoms with Gasteiger partial charge in [0.25, 0.3) is 0 Å². The lowest BCUT2D eigenvalue weighted by Gasteiger charge is -2.38. The van der Waals surface area contributed by atoms with Crippen molar-refractivity contribution in [3.63, 3.8) is 0 Å². The molecule has 1 unspecified atom stereocenters. The summed E-state index contributed by atoms with van der Waals surface area (Å²) >= 11 is 0. The van der Waals surface area contributed by atoms with Crippen LogP contribution >= 0.6 is 0 Å². The standard InChI is InChI=1S/C27H32N2O5/c1-18(10-11-25(30)29-15-19(16-29)14-26(31)32)12-13-28-27(33)34-17-24-22-8-4-2-6-20(22)21-7-3-5-9-23(21)24/h2-9,18-19,24H,10-17H2,1H3,(H,28,33)(H,31,32). The number of rotatable bonds is 10. The van der Waals surface area contributed by atoms with E-state index in [-0.39, 0.29) is 30.1 Å². The first-order valence-corrected chi connectivity index (χ1v) is 12.0. The largest absolute Gasteiger partial charge is 0.481 e. The van der Waals surface area contributed by atoms with E-state index in [2.05, 4.69) is 36.5 Å². The van der Waals surface area contributed by atoms with E-state index < -0.39 is 12.1 Å². The highest BCUT2D eigenvalue weighted by Gasteiger charge is 2.32. The SMILES string of the molecule is CC(CCNC(=O)OCC1c2ccccc2-c2ccccc21)CCC(=O)N1CC(CC(=O)O)C1. The van der Waals surface area contributed by atoms with Crippen LogP contribution in [0.5, 0.6) is 0 Å². The molecule has 0 aromatic heterocycles. The topological polar surface area (TPSA) is 95.9 Å². The van der Waals surface area contributed by atoms with Gasteiger partial charge in [0.05, 0.1) is 6.42 Å². The summed E-state index contributed by atoms with van der Waals surface area (Å²) < 4.78 is 5.56. The number of alkyl carbamates (subject to hydrolysis) is 1. The van der Waals surface area contributed by atoms with Crippen LogP contribution in [0.3, 0.4) is 0 Å². The number of carbonyl (C=O) groups is 3. The van der Waals surface area contributed by atoms with Crippen LogP contribution in [-0.2, 0) is 14.3 Å². The lowest BCUT2D eigenvalue weighted by Crippen LogP contribution is -2.50. The minimum absolute atomic E-state index is 0.0414. The Balaban J connectivity index is 1.14. The van der Waals surface area contributed by atoms with Crippen LogP contribution in [0.15, 0.2) is 48.5 Å². The first kappa shape index (κ1) is 23.8. The summed E-state index contributed by atoms with van der Waals surface area (Å²) in [5.41, 5.74) is 4.77. The zero-order valence-electron chi connectivity index (χ0n) is 19.5. The first-order chi connectivity index (χ1) is 16.4. The minimum Gasteiger partial charge on any atom is -0.481 e. The molecule has 2 aliphatic rings. The molecule has 1 heterocycles. The molecular weight excluding hydrogens is 432 g/mol. The number of fused-ring (bicyclic) bond motifs is 3. The summed E-state index contributed by atoms with van der Waals surface area (Å²) in [6.45, 7) is 3.95. The second kappa shape index (κ2) is 10.7. The molecule has 0 radical (unpaired) electrons. The highest BCUT2D eigenvalue weighted by molar-refractivity contribution is 5.79. The van der Waals surface area contributed by atoms with Crippen molar-refractivity contribution in [2.75, 3.05) is 26.2 Å². The number of nitrogens with zero attached hydrogens (tertiary/aromatic N) is 1. The van der Waals surface area contributed by atoms with Crippen molar-refractivity contribution >= 4 is 18.0 Å². The molecule has 2 aromatic carbocycles. The van der Waals surface area contributed by atoms with Crippen molar-refractivity contribution in [2.45, 2.75) is 38.5 Å². The van der Waals surface area contributed by atoms with E-state index in [1.807, 2.05) is 24.3 Å². The molecule has 4 rings (SSSR count). The van der Waals surface area contributed by atoms with Gasteiger partial charge in [-0.05, 0) is 41.0 Å². The molecule has 7 nitrogen and oxygen atoms in total. The second-order valence-electron chi connectivity index (χ2n) is 9.45. The Morgan fingerprint density at radius 1 is 1.03 bits per heavy atom. The number of carboxylic acids is 1. The maximum Gasteiger partial charge on any atom is 0.407 e. The van der Waals surface area contributed by atoms with Crippen LogP contribution in [-0.4, -0.2) is 54.2 Å². The first-order valence-electron chi connectivity index (χ1n) is 12.0. The number of hydrogen-bond donors (Lipinski definition) is 2. The quantitative estimate of drug-likeness (QED) is 0.548. The van der Waals surface area contributed by atoms with Crippen molar-refractivity contribution in [3.05, 3.63) is 59.7 Å². The van der Waals surface area contributed by atoms with Gasteiger partial charge in [-0.2, -0.15) is 0 Å². The van der Waals surface area contributed by atoms with Crippen LogP contribution in [0.2, 0.25) is 0 Å². The molecule has 2 N–H and O–H groups in total. The van der Waals surface area contributed by atoms with Crippen molar-refractivity contribution in [1.82, 2.24) is 10.2 Å². The smallest absolute Gasteiger partial charge is 0.407 e. The van der Waals surface area contributed by atoms with Gasteiger partial charge in [-0.3, -0.25) is 9.59 Å². The van der Waals surface area contributed by atoms with Crippen LogP contribution in [0.25, 0.3) is 11.1 Å². The number of ether oxygens (including phenoxy) is 1. The zero-order chi connectivity index (χ0) is 24.1. The number of benzene rings is 2. The molecule has 34 heavy (non-hydrogen) atoms. The van der Waals surface area contributed by atoms with Gasteiger partial charge in [-0.1, -0.05) is 55.5 Å². The summed E-state index contributed by atoms with van der Waals surface area (Å²) in [5, 5.41) is 11.6. The zero-order valence-corrected chi connectivity index (χ0v) is 19.5. The third kappa shape index (κ3) is 5.58. The van der Waals surface area contributed by atoms with E-state index in [0.29, 0.717) is 32.7 Å². The molecule has 0 saturated carbocycles. The molecule has 2 aromatic rings. The summed E-state index contributed by atoms with van der Waals surface area (Å²) in [6, 6.07) is 16.5. The Morgan fingerprint density at radius 3 is 2.26 bits per heavy atom. The molecule has 1 saturated heterocycles. The number of carboxylic acid groups (broad SMARTS) is 1. The Bertz CT molecular complexity index is 1000. The van der Waals surface area contributed by atoms with Crippen molar-refractivity contribution < 1.29 is 24.2 Å². The van der Waals surface area contributed by atoms with Crippen molar-refractivity contribution in [1.29, 1.82) is 0 Å². The fraction of sp³-hybridized carbons (Fsp3) is 0.444. The van der Waals surface area contributed by atoms with E-state index in [0.717, 1.165) is 12.8 Å². The molecule has 0 spiro atoms. The Labute approximate surface area is 200 Å². The molecule has 0 bridgehead atoms. The third-order valence-corrected chi connectivity index (χ3v) is 6.87. The molecule has 180 valence electrons. The van der Waals surface area contributed by atoms with Crippen LogP contribution < -0.4 is 5.32 Å². The van der Waals surface area contributed by atoms with Gasteiger partial charge >= 0.3 is 12.1 Å². The van der Waals surface area contributed by atoms with Gasteiger partial charge in [-0.15, -0.1) is 0 Å². The number of likely N-dealkylation sites (tertiary alicyclic amines) is 1. The van der Waals surface area contributed by atoms with Gasteiger partial charge < -0.3 is 20.1 Å². The molecule has 2 amide bonds. The monoisotopic (exact) mass is 464 g/mol. The van der Waals surface area contributed by atoms with Crippen molar-refractivity contribution in [2.24, 2.45) is 11.8 Å². The lowest BCUT2D eigenvalue weighted by molar-refractivity contribution is -0.145. The molecule has 1 aliphatic heterocycles. The van der Waals surface area contributed by atoms with Crippen LogP contribution in [0, 0.1) is 11.8 Å². The van der Waals surface area contributed by atoms with E-state index >= 15 is 0 Å². The summed E-state index contributed by atoms with van der Waals surface area (Å²) in [4.78, 5) is 36.9. The number of carbonyl (C=O) groups excluding carboxylic acids is 2. The molecular formula is C27H32N2O5. The van der Waals surface area contributed by atoms with E-state index in [9.17, 15) is 14.4 Å². The number of aliphatic carboxylic acids is 1. The van der Waals surface area contributed by atoms with E-state index in [4.69, 9.17) is 9.84 Å². The average Bonchev–Trinajstić information content (AvgIpc) is 3.12. The highest BCUT2D eigenvalue weighted by Crippen LogP contribution is 2.44. The lowest BCUT2D eigenvalue weighted by atomic mass is 9.95. The van der Waals surface area contributed by atoms with Gasteiger partial charge in [0.15, 0.2) is 0 Å². The Morgan fingerprint density at radius 2 is 1.65 bits per heavy atom. The van der Waals surface area contributed by atoms with Gasteiger partial charge in [0.1, 0.15) is 6.61 Å². The Hall–Kier alpha value is -3.35. The highest BCUT2D eigenvalue weighted by atomic mass is 16.5. The minimum atomic E-state index is -0.811. The predicted molar refractivity (Wildman–Crippen MR) is 128 cm³/mol. The predicted octanol–water partition coefficient (Wildman–Crippen LogP) is 4.26. The molecule has 1 fully saturated rings. The fourth-order valence-corrected chi connectivity index (χ4v) is 4.89. The number of amides is 2. The Kier molecular flexibility index (Phi) is 7.50. The summed E-state index contributed by atoms with van der Waals surface area (Å²) in [7, 11) is 0. The maximum atomic E-state index is 12.3. The normalized spacial score (nSPS) is 15.7. The molecule has 7 heteroatoms. The van der Waals surface area contributed by atoms with Crippen LogP contribution in [0.4, 0.5) is 4.79 Å². The maximum absolute atomic E-state index is 12.3. The number of nitrogens with one attached hydrogen (secondary N) is 1. The van der Waals surface area contributed by atoms with Gasteiger partial charge in [-0.25, -0.2) is 4.79 Å². The average molecular weight is 465 g/mol. The summed E-state index contributed by atoms with van der Waals surface area (Å²) in [6.07, 6.45) is 1.66. The summed E-state index contributed by atoms with van der Waals surface area (Å²) in [5.74, 6) is -0.318. The third-order valence-electron chi connectivity index (χ3n) is 6.87. The van der Waals surface area contributed by atoms with E-state index in [1.165, 1.54) is 22.3 Å². The van der Waals surface area contributed by atoms with Gasteiger partial charge in [0.2, 0.25) is 5.91 Å². The molecule has 1 aliphatic carbocycles. The fourth-order valence-electron chi connectivity index (χ4n) is 4.89. The number of hydrogen-bond acceptors (Lipinski definition) is 4. The van der Waals surface area contributed by atoms with Gasteiger partial charge in [0, 0.05) is 37.9 Å². The molecule has 1 atom stereocenters. The second-order valence-corrected chi connectivity index (χ2v) is 9.45.